The Hall–Kier alpha value is -2.08. The highest BCUT2D eigenvalue weighted by Gasteiger charge is 2.14. The predicted molar refractivity (Wildman–Crippen MR) is 106 cm³/mol. The molecule has 0 aromatic heterocycles. The maximum Gasteiger partial charge on any atom is 0.241 e. The van der Waals surface area contributed by atoms with Crippen LogP contribution in [0.5, 0.6) is 5.75 Å². The van der Waals surface area contributed by atoms with Gasteiger partial charge in [-0.1, -0.05) is 42.0 Å². The summed E-state index contributed by atoms with van der Waals surface area (Å²) in [4.78, 5) is 12.1. The lowest BCUT2D eigenvalue weighted by atomic mass is 10.1. The number of carbonyl (C=O) groups is 1. The average molecular weight is 379 g/mol. The Bertz CT molecular complexity index is 660. The molecule has 0 aliphatic rings. The van der Waals surface area contributed by atoms with Crippen molar-refractivity contribution in [1.82, 2.24) is 5.32 Å². The fourth-order valence-corrected chi connectivity index (χ4v) is 2.33. The van der Waals surface area contributed by atoms with Crippen molar-refractivity contribution in [2.24, 2.45) is 5.73 Å². The van der Waals surface area contributed by atoms with Crippen LogP contribution in [0.3, 0.4) is 0 Å². The summed E-state index contributed by atoms with van der Waals surface area (Å²) >= 11 is 0. The molecule has 26 heavy (non-hydrogen) atoms. The number of carbonyl (C=O) groups excluding carboxylic acids is 1. The fourth-order valence-electron chi connectivity index (χ4n) is 2.33. The molecule has 2 aromatic rings. The van der Waals surface area contributed by atoms with Crippen LogP contribution >= 0.6 is 12.4 Å². The minimum Gasteiger partial charge on any atom is -0.497 e. The van der Waals surface area contributed by atoms with Gasteiger partial charge in [0.1, 0.15) is 11.8 Å². The van der Waals surface area contributed by atoms with E-state index in [9.17, 15) is 4.79 Å². The summed E-state index contributed by atoms with van der Waals surface area (Å²) in [6.07, 6.45) is 0.739. The van der Waals surface area contributed by atoms with Crippen molar-refractivity contribution in [2.75, 3.05) is 20.3 Å². The summed E-state index contributed by atoms with van der Waals surface area (Å²) < 4.78 is 10.7. The number of aryl methyl sites for hydroxylation is 1. The van der Waals surface area contributed by atoms with Crippen LogP contribution in [0.1, 0.15) is 29.2 Å². The van der Waals surface area contributed by atoms with E-state index in [4.69, 9.17) is 15.2 Å². The van der Waals surface area contributed by atoms with Crippen molar-refractivity contribution >= 4 is 18.3 Å². The number of ether oxygens (including phenoxy) is 2. The van der Waals surface area contributed by atoms with E-state index in [0.29, 0.717) is 19.8 Å². The minimum atomic E-state index is -0.638. The highest BCUT2D eigenvalue weighted by molar-refractivity contribution is 5.85. The fraction of sp³-hybridized carbons (Fsp3) is 0.350. The van der Waals surface area contributed by atoms with Crippen LogP contribution in [-0.2, 0) is 16.1 Å². The first kappa shape index (κ1) is 22.0. The normalized spacial score (nSPS) is 11.3. The molecule has 0 saturated carbocycles. The van der Waals surface area contributed by atoms with Gasteiger partial charge in [0.15, 0.2) is 0 Å². The van der Waals surface area contributed by atoms with Gasteiger partial charge in [0.2, 0.25) is 5.91 Å². The minimum absolute atomic E-state index is 0. The summed E-state index contributed by atoms with van der Waals surface area (Å²) in [6.45, 7) is 3.66. The van der Waals surface area contributed by atoms with Crippen LogP contribution in [0.15, 0.2) is 48.5 Å². The molecule has 3 N–H and O–H groups in total. The third-order valence-corrected chi connectivity index (χ3v) is 3.91. The molecule has 2 rings (SSSR count). The second-order valence-electron chi connectivity index (χ2n) is 5.93. The highest BCUT2D eigenvalue weighted by Crippen LogP contribution is 2.12. The largest absolute Gasteiger partial charge is 0.497 e. The van der Waals surface area contributed by atoms with Crippen LogP contribution < -0.4 is 15.8 Å². The standard InChI is InChI=1S/C20H26N2O3.ClH/c1-15-4-8-17(9-5-15)19(21)20(23)22-12-3-13-25-14-16-6-10-18(24-2)11-7-16;/h4-11,19H,3,12-14,21H2,1-2H3,(H,22,23);1H. The SMILES string of the molecule is COc1ccc(COCCCNC(=O)C(N)c2ccc(C)cc2)cc1.Cl. The van der Waals surface area contributed by atoms with Gasteiger partial charge in [0.05, 0.1) is 13.7 Å². The maximum absolute atomic E-state index is 12.1. The van der Waals surface area contributed by atoms with Crippen molar-refractivity contribution in [3.63, 3.8) is 0 Å². The summed E-state index contributed by atoms with van der Waals surface area (Å²) in [5.74, 6) is 0.662. The quantitative estimate of drug-likeness (QED) is 0.657. The van der Waals surface area contributed by atoms with E-state index in [-0.39, 0.29) is 18.3 Å². The molecule has 0 saturated heterocycles. The zero-order valence-corrected chi connectivity index (χ0v) is 16.1. The first-order valence-electron chi connectivity index (χ1n) is 8.40. The van der Waals surface area contributed by atoms with E-state index < -0.39 is 6.04 Å². The molecule has 0 radical (unpaired) electrons. The number of nitrogens with one attached hydrogen (secondary N) is 1. The Morgan fingerprint density at radius 3 is 2.38 bits per heavy atom. The molecule has 1 unspecified atom stereocenters. The lowest BCUT2D eigenvalue weighted by molar-refractivity contribution is -0.122. The Labute approximate surface area is 161 Å². The Kier molecular flexibility index (Phi) is 9.73. The number of methoxy groups -OCH3 is 1. The lowest BCUT2D eigenvalue weighted by Crippen LogP contribution is -2.34. The molecule has 0 heterocycles. The lowest BCUT2D eigenvalue weighted by Gasteiger charge is -2.13. The average Bonchev–Trinajstić information content (AvgIpc) is 2.65. The second kappa shape index (κ2) is 11.5. The van der Waals surface area contributed by atoms with Crippen LogP contribution in [0.2, 0.25) is 0 Å². The Morgan fingerprint density at radius 2 is 1.77 bits per heavy atom. The second-order valence-corrected chi connectivity index (χ2v) is 5.93. The number of hydrogen-bond acceptors (Lipinski definition) is 4. The van der Waals surface area contributed by atoms with Crippen LogP contribution in [0.25, 0.3) is 0 Å². The highest BCUT2D eigenvalue weighted by atomic mass is 35.5. The van der Waals surface area contributed by atoms with E-state index in [0.717, 1.165) is 28.9 Å². The number of halogens is 1. The molecular formula is C20H27ClN2O3. The molecule has 0 aliphatic heterocycles. The van der Waals surface area contributed by atoms with Crippen LogP contribution in [0, 0.1) is 6.92 Å². The van der Waals surface area contributed by atoms with Crippen molar-refractivity contribution in [3.8, 4) is 5.75 Å². The van der Waals surface area contributed by atoms with Gasteiger partial charge in [-0.05, 0) is 36.6 Å². The molecule has 1 amide bonds. The smallest absolute Gasteiger partial charge is 0.241 e. The molecular weight excluding hydrogens is 352 g/mol. The molecule has 5 nitrogen and oxygen atoms in total. The van der Waals surface area contributed by atoms with Gasteiger partial charge in [-0.25, -0.2) is 0 Å². The maximum atomic E-state index is 12.1. The summed E-state index contributed by atoms with van der Waals surface area (Å²) in [6, 6.07) is 14.8. The molecule has 6 heteroatoms. The molecule has 142 valence electrons. The third kappa shape index (κ3) is 7.04. The van der Waals surface area contributed by atoms with Crippen molar-refractivity contribution < 1.29 is 14.3 Å². The van der Waals surface area contributed by atoms with E-state index in [1.807, 2.05) is 55.5 Å². The molecule has 2 aromatic carbocycles. The first-order valence-corrected chi connectivity index (χ1v) is 8.40. The van der Waals surface area contributed by atoms with E-state index >= 15 is 0 Å². The molecule has 0 bridgehead atoms. The van der Waals surface area contributed by atoms with Gasteiger partial charge in [-0.2, -0.15) is 0 Å². The van der Waals surface area contributed by atoms with Gasteiger partial charge in [0, 0.05) is 13.2 Å². The molecule has 0 aliphatic carbocycles. The summed E-state index contributed by atoms with van der Waals surface area (Å²) in [7, 11) is 1.64. The van der Waals surface area contributed by atoms with Crippen LogP contribution in [-0.4, -0.2) is 26.2 Å². The number of hydrogen-bond donors (Lipinski definition) is 2. The topological polar surface area (TPSA) is 73.6 Å². The zero-order valence-electron chi connectivity index (χ0n) is 15.2. The zero-order chi connectivity index (χ0) is 18.1. The van der Waals surface area contributed by atoms with Gasteiger partial charge in [-0.15, -0.1) is 12.4 Å². The Morgan fingerprint density at radius 1 is 1.12 bits per heavy atom. The van der Waals surface area contributed by atoms with Crippen molar-refractivity contribution in [3.05, 3.63) is 65.2 Å². The molecule has 1 atom stereocenters. The molecule has 0 fully saturated rings. The summed E-state index contributed by atoms with van der Waals surface area (Å²) in [5.41, 5.74) is 9.03. The van der Waals surface area contributed by atoms with E-state index in [1.54, 1.807) is 7.11 Å². The van der Waals surface area contributed by atoms with Gasteiger partial charge < -0.3 is 20.5 Å². The van der Waals surface area contributed by atoms with E-state index in [1.165, 1.54) is 0 Å². The number of rotatable bonds is 9. The third-order valence-electron chi connectivity index (χ3n) is 3.91. The number of amides is 1. The monoisotopic (exact) mass is 378 g/mol. The van der Waals surface area contributed by atoms with Gasteiger partial charge in [0.25, 0.3) is 0 Å². The van der Waals surface area contributed by atoms with Gasteiger partial charge in [-0.3, -0.25) is 4.79 Å². The predicted octanol–water partition coefficient (Wildman–Crippen LogP) is 3.15. The summed E-state index contributed by atoms with van der Waals surface area (Å²) in [5, 5.41) is 2.85. The number of benzene rings is 2. The van der Waals surface area contributed by atoms with Crippen molar-refractivity contribution in [2.45, 2.75) is 26.0 Å². The van der Waals surface area contributed by atoms with E-state index in [2.05, 4.69) is 5.32 Å². The van der Waals surface area contributed by atoms with Crippen molar-refractivity contribution in [1.29, 1.82) is 0 Å². The Balaban J connectivity index is 0.00000338. The first-order chi connectivity index (χ1) is 12.1. The number of nitrogens with two attached hydrogens (primary N) is 1. The van der Waals surface area contributed by atoms with Gasteiger partial charge >= 0.3 is 0 Å². The molecule has 0 spiro atoms. The van der Waals surface area contributed by atoms with Crippen LogP contribution in [0.4, 0.5) is 0 Å².